The van der Waals surface area contributed by atoms with Gasteiger partial charge in [-0.2, -0.15) is 0 Å². The number of hydrogen-bond acceptors (Lipinski definition) is 3. The second-order valence-corrected chi connectivity index (χ2v) is 5.65. The van der Waals surface area contributed by atoms with Crippen molar-refractivity contribution in [2.75, 3.05) is 14.2 Å². The number of aryl methyl sites for hydroxylation is 1. The minimum atomic E-state index is -0.669. The lowest BCUT2D eigenvalue weighted by Gasteiger charge is -2.30. The predicted molar refractivity (Wildman–Crippen MR) is 79.5 cm³/mol. The van der Waals surface area contributed by atoms with Crippen LogP contribution in [0.15, 0.2) is 18.2 Å². The molecule has 1 aromatic carbocycles. The summed E-state index contributed by atoms with van der Waals surface area (Å²) in [5, 5.41) is 0. The highest BCUT2D eigenvalue weighted by Gasteiger charge is 2.40. The molecule has 0 radical (unpaired) electrons. The van der Waals surface area contributed by atoms with E-state index in [-0.39, 0.29) is 5.78 Å². The highest BCUT2D eigenvalue weighted by Crippen LogP contribution is 2.35. The fourth-order valence-corrected chi connectivity index (χ4v) is 3.07. The third kappa shape index (κ3) is 2.88. The van der Waals surface area contributed by atoms with E-state index in [4.69, 9.17) is 9.47 Å². The van der Waals surface area contributed by atoms with E-state index in [2.05, 4.69) is 0 Å². The summed E-state index contributed by atoms with van der Waals surface area (Å²) in [6, 6.07) is 5.73. The molecule has 3 nitrogen and oxygen atoms in total. The molecule has 0 heterocycles. The van der Waals surface area contributed by atoms with Crippen molar-refractivity contribution >= 4 is 5.78 Å². The standard InChI is InChI=1S/C17H24O3/c1-13-8-9-15(19-2)14(12-13)16(18)17(20-3)10-6-4-5-7-11-17/h8-9,12H,4-7,10-11H2,1-3H3. The number of benzene rings is 1. The van der Waals surface area contributed by atoms with Crippen molar-refractivity contribution in [3.63, 3.8) is 0 Å². The molecule has 0 bridgehead atoms. The first-order valence-corrected chi connectivity index (χ1v) is 7.37. The van der Waals surface area contributed by atoms with Crippen molar-refractivity contribution < 1.29 is 14.3 Å². The van der Waals surface area contributed by atoms with E-state index in [1.54, 1.807) is 14.2 Å². The van der Waals surface area contributed by atoms with Crippen LogP contribution in [-0.2, 0) is 4.74 Å². The first-order valence-electron chi connectivity index (χ1n) is 7.37. The van der Waals surface area contributed by atoms with Gasteiger partial charge in [-0.25, -0.2) is 0 Å². The summed E-state index contributed by atoms with van der Waals surface area (Å²) < 4.78 is 11.1. The van der Waals surface area contributed by atoms with E-state index in [1.807, 2.05) is 25.1 Å². The second-order valence-electron chi connectivity index (χ2n) is 5.65. The van der Waals surface area contributed by atoms with Gasteiger partial charge in [0.1, 0.15) is 11.4 Å². The topological polar surface area (TPSA) is 35.5 Å². The Balaban J connectivity index is 2.39. The summed E-state index contributed by atoms with van der Waals surface area (Å²) in [4.78, 5) is 13.0. The van der Waals surface area contributed by atoms with Crippen LogP contribution in [0, 0.1) is 6.92 Å². The summed E-state index contributed by atoms with van der Waals surface area (Å²) in [7, 11) is 3.26. The van der Waals surface area contributed by atoms with E-state index in [0.29, 0.717) is 11.3 Å². The molecule has 0 aromatic heterocycles. The molecule has 110 valence electrons. The zero-order valence-electron chi connectivity index (χ0n) is 12.7. The van der Waals surface area contributed by atoms with Crippen molar-refractivity contribution in [1.29, 1.82) is 0 Å². The third-order valence-electron chi connectivity index (χ3n) is 4.32. The molecule has 1 saturated carbocycles. The van der Waals surface area contributed by atoms with Crippen LogP contribution in [0.4, 0.5) is 0 Å². The van der Waals surface area contributed by atoms with Crippen LogP contribution in [0.5, 0.6) is 5.75 Å². The van der Waals surface area contributed by atoms with Crippen molar-refractivity contribution in [1.82, 2.24) is 0 Å². The van der Waals surface area contributed by atoms with Crippen molar-refractivity contribution in [2.24, 2.45) is 0 Å². The summed E-state index contributed by atoms with van der Waals surface area (Å²) in [6.45, 7) is 1.99. The van der Waals surface area contributed by atoms with E-state index in [1.165, 1.54) is 12.8 Å². The molecular formula is C17H24O3. The largest absolute Gasteiger partial charge is 0.496 e. The van der Waals surface area contributed by atoms with Gasteiger partial charge in [0, 0.05) is 7.11 Å². The van der Waals surface area contributed by atoms with E-state index in [0.717, 1.165) is 31.2 Å². The predicted octanol–water partition coefficient (Wildman–Crippen LogP) is 3.93. The number of rotatable bonds is 4. The third-order valence-corrected chi connectivity index (χ3v) is 4.32. The Morgan fingerprint density at radius 1 is 1.10 bits per heavy atom. The van der Waals surface area contributed by atoms with Crippen LogP contribution in [-0.4, -0.2) is 25.6 Å². The quantitative estimate of drug-likeness (QED) is 0.617. The molecule has 0 saturated heterocycles. The SMILES string of the molecule is COc1ccc(C)cc1C(=O)C1(OC)CCCCCC1. The molecule has 2 rings (SSSR count). The zero-order chi connectivity index (χ0) is 14.6. The summed E-state index contributed by atoms with van der Waals surface area (Å²) in [5.74, 6) is 0.712. The Hall–Kier alpha value is -1.35. The Labute approximate surface area is 121 Å². The van der Waals surface area contributed by atoms with Gasteiger partial charge in [0.05, 0.1) is 12.7 Å². The number of carbonyl (C=O) groups is 1. The van der Waals surface area contributed by atoms with Crippen LogP contribution >= 0.6 is 0 Å². The van der Waals surface area contributed by atoms with Crippen LogP contribution in [0.3, 0.4) is 0 Å². The Kier molecular flexibility index (Phi) is 4.81. The first kappa shape index (κ1) is 15.0. The number of methoxy groups -OCH3 is 2. The fourth-order valence-electron chi connectivity index (χ4n) is 3.07. The summed E-state index contributed by atoms with van der Waals surface area (Å²) in [6.07, 6.45) is 6.08. The number of ketones is 1. The average molecular weight is 276 g/mol. The maximum absolute atomic E-state index is 13.0. The molecule has 0 amide bonds. The van der Waals surface area contributed by atoms with Crippen LogP contribution in [0.1, 0.15) is 54.4 Å². The molecule has 1 aliphatic carbocycles. The maximum Gasteiger partial charge on any atom is 0.198 e. The lowest BCUT2D eigenvalue weighted by molar-refractivity contribution is -0.00711. The lowest BCUT2D eigenvalue weighted by Crippen LogP contribution is -2.40. The molecule has 1 aliphatic rings. The number of carbonyl (C=O) groups excluding carboxylic acids is 1. The smallest absolute Gasteiger partial charge is 0.198 e. The van der Waals surface area contributed by atoms with Crippen LogP contribution in [0.2, 0.25) is 0 Å². The summed E-state index contributed by atoms with van der Waals surface area (Å²) >= 11 is 0. The Morgan fingerprint density at radius 2 is 1.75 bits per heavy atom. The van der Waals surface area contributed by atoms with E-state index < -0.39 is 5.60 Å². The molecule has 0 N–H and O–H groups in total. The molecule has 0 atom stereocenters. The van der Waals surface area contributed by atoms with Crippen molar-refractivity contribution in [3.05, 3.63) is 29.3 Å². The highest BCUT2D eigenvalue weighted by molar-refractivity contribution is 6.04. The zero-order valence-corrected chi connectivity index (χ0v) is 12.7. The van der Waals surface area contributed by atoms with Crippen molar-refractivity contribution in [2.45, 2.75) is 51.0 Å². The highest BCUT2D eigenvalue weighted by atomic mass is 16.5. The lowest BCUT2D eigenvalue weighted by atomic mass is 9.85. The Morgan fingerprint density at radius 3 is 2.30 bits per heavy atom. The second kappa shape index (κ2) is 6.40. The molecule has 3 heteroatoms. The van der Waals surface area contributed by atoms with Gasteiger partial charge in [-0.15, -0.1) is 0 Å². The number of hydrogen-bond donors (Lipinski definition) is 0. The van der Waals surface area contributed by atoms with E-state index >= 15 is 0 Å². The van der Waals surface area contributed by atoms with Gasteiger partial charge in [-0.3, -0.25) is 4.79 Å². The Bertz CT molecular complexity index is 471. The van der Waals surface area contributed by atoms with Crippen LogP contribution < -0.4 is 4.74 Å². The van der Waals surface area contributed by atoms with Crippen molar-refractivity contribution in [3.8, 4) is 5.75 Å². The molecule has 0 spiro atoms. The minimum Gasteiger partial charge on any atom is -0.496 e. The molecule has 1 aromatic rings. The van der Waals surface area contributed by atoms with Gasteiger partial charge < -0.3 is 9.47 Å². The van der Waals surface area contributed by atoms with Gasteiger partial charge in [0.15, 0.2) is 5.78 Å². The molecular weight excluding hydrogens is 252 g/mol. The molecule has 20 heavy (non-hydrogen) atoms. The van der Waals surface area contributed by atoms with Gasteiger partial charge in [-0.1, -0.05) is 37.3 Å². The monoisotopic (exact) mass is 276 g/mol. The van der Waals surface area contributed by atoms with E-state index in [9.17, 15) is 4.79 Å². The van der Waals surface area contributed by atoms with Gasteiger partial charge in [0.25, 0.3) is 0 Å². The van der Waals surface area contributed by atoms with Gasteiger partial charge >= 0.3 is 0 Å². The minimum absolute atomic E-state index is 0.0717. The number of ether oxygens (including phenoxy) is 2. The average Bonchev–Trinajstić information content (AvgIpc) is 2.72. The maximum atomic E-state index is 13.0. The fraction of sp³-hybridized carbons (Fsp3) is 0.588. The van der Waals surface area contributed by atoms with Gasteiger partial charge in [-0.05, 0) is 31.9 Å². The first-order chi connectivity index (χ1) is 9.63. The normalized spacial score (nSPS) is 18.4. The van der Waals surface area contributed by atoms with Gasteiger partial charge in [0.2, 0.25) is 0 Å². The molecule has 1 fully saturated rings. The molecule has 0 unspecified atom stereocenters. The number of Topliss-reactive ketones (excluding diaryl/α,β-unsaturated/α-hetero) is 1. The van der Waals surface area contributed by atoms with Crippen LogP contribution in [0.25, 0.3) is 0 Å². The molecule has 0 aliphatic heterocycles. The summed E-state index contributed by atoms with van der Waals surface area (Å²) in [5.41, 5.74) is 1.04.